The van der Waals surface area contributed by atoms with Crippen molar-refractivity contribution in [3.05, 3.63) is 69.3 Å². The monoisotopic (exact) mass is 375 g/mol. The first-order valence-electron chi connectivity index (χ1n) is 6.90. The molecule has 6 nitrogen and oxygen atoms in total. The Morgan fingerprint density at radius 3 is 2.12 bits per heavy atom. The molecule has 0 unspecified atom stereocenters. The van der Waals surface area contributed by atoms with Gasteiger partial charge in [0, 0.05) is 11.6 Å². The van der Waals surface area contributed by atoms with Crippen molar-refractivity contribution in [2.45, 2.75) is 23.9 Å². The lowest BCUT2D eigenvalue weighted by Gasteiger charge is -2.16. The molecular formula is C15H12F3NO5S. The third-order valence-electron chi connectivity index (χ3n) is 3.51. The van der Waals surface area contributed by atoms with Gasteiger partial charge >= 0.3 is 6.18 Å². The van der Waals surface area contributed by atoms with Gasteiger partial charge in [0.1, 0.15) is 4.90 Å². The van der Waals surface area contributed by atoms with Gasteiger partial charge in [0.25, 0.3) is 15.8 Å². The van der Waals surface area contributed by atoms with Gasteiger partial charge in [-0.1, -0.05) is 30.3 Å². The summed E-state index contributed by atoms with van der Waals surface area (Å²) in [5.41, 5.74) is -2.71. The Morgan fingerprint density at radius 1 is 1.04 bits per heavy atom. The van der Waals surface area contributed by atoms with Gasteiger partial charge in [-0.05, 0) is 24.5 Å². The first-order valence-corrected chi connectivity index (χ1v) is 8.34. The predicted molar refractivity (Wildman–Crippen MR) is 81.8 cm³/mol. The van der Waals surface area contributed by atoms with Crippen LogP contribution in [-0.4, -0.2) is 17.9 Å². The molecular weight excluding hydrogens is 363 g/mol. The van der Waals surface area contributed by atoms with E-state index in [4.69, 9.17) is 4.55 Å². The first-order chi connectivity index (χ1) is 11.5. The van der Waals surface area contributed by atoms with Crippen LogP contribution in [0.2, 0.25) is 0 Å². The topological polar surface area (TPSA) is 97.5 Å². The van der Waals surface area contributed by atoms with Crippen LogP contribution in [0.3, 0.4) is 0 Å². The zero-order chi connectivity index (χ0) is 18.8. The average Bonchev–Trinajstić information content (AvgIpc) is 2.51. The summed E-state index contributed by atoms with van der Waals surface area (Å²) in [5.74, 6) is 0. The van der Waals surface area contributed by atoms with Crippen LogP contribution in [0.1, 0.15) is 16.7 Å². The highest BCUT2D eigenvalue weighted by Crippen LogP contribution is 2.40. The molecule has 0 amide bonds. The van der Waals surface area contributed by atoms with Crippen LogP contribution < -0.4 is 0 Å². The molecule has 2 rings (SSSR count). The average molecular weight is 375 g/mol. The Balaban J connectivity index is 2.66. The molecule has 25 heavy (non-hydrogen) atoms. The van der Waals surface area contributed by atoms with Crippen LogP contribution in [0.5, 0.6) is 0 Å². The fraction of sp³-hybridized carbons (Fsp3) is 0.200. The van der Waals surface area contributed by atoms with Crippen molar-refractivity contribution in [1.29, 1.82) is 0 Å². The number of nitrogens with zero attached hydrogens (tertiary/aromatic N) is 1. The molecule has 0 radical (unpaired) electrons. The molecule has 2 aromatic rings. The maximum absolute atomic E-state index is 13.4. The second-order valence-corrected chi connectivity index (χ2v) is 6.54. The van der Waals surface area contributed by atoms with Gasteiger partial charge in [-0.2, -0.15) is 21.6 Å². The van der Waals surface area contributed by atoms with Gasteiger partial charge in [0.2, 0.25) is 0 Å². The molecule has 1 N–H and O–H groups in total. The van der Waals surface area contributed by atoms with Gasteiger partial charge in [0.15, 0.2) is 0 Å². The smallest absolute Gasteiger partial charge is 0.282 e. The predicted octanol–water partition coefficient (Wildman–Crippen LogP) is 3.65. The van der Waals surface area contributed by atoms with Crippen molar-refractivity contribution >= 4 is 15.8 Å². The quantitative estimate of drug-likeness (QED) is 0.489. The molecule has 0 saturated carbocycles. The number of nitro groups is 1. The van der Waals surface area contributed by atoms with E-state index in [2.05, 4.69) is 0 Å². The summed E-state index contributed by atoms with van der Waals surface area (Å²) in [5, 5.41) is 11.1. The highest BCUT2D eigenvalue weighted by molar-refractivity contribution is 7.85. The van der Waals surface area contributed by atoms with Crippen molar-refractivity contribution in [3.8, 4) is 0 Å². The Kier molecular flexibility index (Phi) is 5.14. The molecule has 0 aromatic heterocycles. The van der Waals surface area contributed by atoms with Crippen molar-refractivity contribution in [3.63, 3.8) is 0 Å². The van der Waals surface area contributed by atoms with Crippen molar-refractivity contribution in [2.75, 3.05) is 0 Å². The highest BCUT2D eigenvalue weighted by atomic mass is 32.2. The maximum atomic E-state index is 13.4. The summed E-state index contributed by atoms with van der Waals surface area (Å²) in [6.45, 7) is 0. The van der Waals surface area contributed by atoms with Gasteiger partial charge in [0.05, 0.1) is 10.5 Å². The molecule has 0 atom stereocenters. The number of aryl methyl sites for hydroxylation is 1. The van der Waals surface area contributed by atoms with Gasteiger partial charge < -0.3 is 0 Å². The van der Waals surface area contributed by atoms with Gasteiger partial charge in [-0.3, -0.25) is 14.7 Å². The van der Waals surface area contributed by atoms with Crippen LogP contribution in [0.4, 0.5) is 18.9 Å². The van der Waals surface area contributed by atoms with Crippen LogP contribution in [0.15, 0.2) is 47.4 Å². The van der Waals surface area contributed by atoms with Gasteiger partial charge in [-0.15, -0.1) is 0 Å². The Hall–Kier alpha value is -2.46. The zero-order valence-electron chi connectivity index (χ0n) is 12.5. The van der Waals surface area contributed by atoms with E-state index in [9.17, 15) is 31.7 Å². The summed E-state index contributed by atoms with van der Waals surface area (Å²) in [6, 6.07) is 9.32. The molecule has 0 fully saturated rings. The van der Waals surface area contributed by atoms with E-state index in [0.29, 0.717) is 17.7 Å². The van der Waals surface area contributed by atoms with E-state index in [1.165, 1.54) is 0 Å². The molecule has 0 bridgehead atoms. The number of halogens is 3. The van der Waals surface area contributed by atoms with Crippen molar-refractivity contribution in [1.82, 2.24) is 0 Å². The molecule has 2 aromatic carbocycles. The van der Waals surface area contributed by atoms with E-state index in [0.717, 1.165) is 0 Å². The second kappa shape index (κ2) is 6.81. The molecule has 0 saturated heterocycles. The SMILES string of the molecule is O=[N+]([O-])c1ccc(S(=O)(=O)O)c(C(F)(F)F)c1CCc1ccccc1. The van der Waals surface area contributed by atoms with E-state index in [-0.39, 0.29) is 6.42 Å². The number of alkyl halides is 3. The normalized spacial score (nSPS) is 12.2. The summed E-state index contributed by atoms with van der Waals surface area (Å²) < 4.78 is 71.9. The summed E-state index contributed by atoms with van der Waals surface area (Å²) in [4.78, 5) is 8.69. The fourth-order valence-corrected chi connectivity index (χ4v) is 3.22. The molecule has 10 heteroatoms. The maximum Gasteiger partial charge on any atom is 0.418 e. The number of rotatable bonds is 5. The molecule has 0 spiro atoms. The lowest BCUT2D eigenvalue weighted by molar-refractivity contribution is -0.385. The standard InChI is InChI=1S/C15H12F3NO5S/c16-15(17,18)14-11(7-6-10-4-2-1-3-5-10)12(19(20)21)8-9-13(14)25(22,23)24/h1-5,8-9H,6-7H2,(H,22,23,24). The minimum atomic E-state index is -5.21. The van der Waals surface area contributed by atoms with E-state index in [1.807, 2.05) is 0 Å². The molecule has 0 aliphatic rings. The molecule has 0 aliphatic heterocycles. The zero-order valence-corrected chi connectivity index (χ0v) is 13.3. The van der Waals surface area contributed by atoms with Crippen molar-refractivity contribution < 1.29 is 31.1 Å². The highest BCUT2D eigenvalue weighted by Gasteiger charge is 2.42. The van der Waals surface area contributed by atoms with Crippen LogP contribution >= 0.6 is 0 Å². The Labute approximate surface area is 140 Å². The first kappa shape index (κ1) is 18.9. The third kappa shape index (κ3) is 4.34. The lowest BCUT2D eigenvalue weighted by atomic mass is 9.97. The largest absolute Gasteiger partial charge is 0.418 e. The molecule has 0 aliphatic carbocycles. The number of nitro benzene ring substituents is 1. The van der Waals surface area contributed by atoms with Crippen molar-refractivity contribution in [2.24, 2.45) is 0 Å². The number of benzene rings is 2. The second-order valence-electron chi connectivity index (χ2n) is 5.15. The Bertz CT molecular complexity index is 895. The lowest BCUT2D eigenvalue weighted by Crippen LogP contribution is -2.18. The Morgan fingerprint density at radius 2 is 1.64 bits per heavy atom. The number of hydrogen-bond acceptors (Lipinski definition) is 4. The fourth-order valence-electron chi connectivity index (χ4n) is 2.48. The van der Waals surface area contributed by atoms with Gasteiger partial charge in [-0.25, -0.2) is 0 Å². The minimum Gasteiger partial charge on any atom is -0.282 e. The van der Waals surface area contributed by atoms with E-state index < -0.39 is 49.3 Å². The molecule has 0 heterocycles. The van der Waals surface area contributed by atoms with Crippen LogP contribution in [0.25, 0.3) is 0 Å². The van der Waals surface area contributed by atoms with E-state index >= 15 is 0 Å². The van der Waals surface area contributed by atoms with E-state index in [1.54, 1.807) is 30.3 Å². The summed E-state index contributed by atoms with van der Waals surface area (Å²) in [7, 11) is -5.21. The number of hydrogen-bond donors (Lipinski definition) is 1. The molecule has 134 valence electrons. The summed E-state index contributed by atoms with van der Waals surface area (Å²) in [6.07, 6.45) is -5.58. The minimum absolute atomic E-state index is 0.0275. The third-order valence-corrected chi connectivity index (χ3v) is 4.41. The summed E-state index contributed by atoms with van der Waals surface area (Å²) >= 11 is 0. The van der Waals surface area contributed by atoms with Crippen LogP contribution in [-0.2, 0) is 29.1 Å². The van der Waals surface area contributed by atoms with Crippen LogP contribution in [0, 0.1) is 10.1 Å².